The fourth-order valence-corrected chi connectivity index (χ4v) is 7.18. The number of amides is 10. The Balaban J connectivity index is 3.48. The molecule has 0 aliphatic carbocycles. The summed E-state index contributed by atoms with van der Waals surface area (Å²) in [5.74, 6) is -12.9. The lowest BCUT2D eigenvalue weighted by molar-refractivity contribution is -0.142. The molecule has 10 amide bonds. The number of nitrogens with one attached hydrogen (secondary N) is 10. The van der Waals surface area contributed by atoms with Crippen molar-refractivity contribution in [1.82, 2.24) is 47.9 Å². The Morgan fingerprint density at radius 2 is 1.09 bits per heavy atom. The monoisotopic (exact) mass is 1060 g/mol. The fraction of sp³-hybridized carbons (Fsp3) is 0.617. The third-order valence-corrected chi connectivity index (χ3v) is 11.6. The second kappa shape index (κ2) is 31.9. The first-order valence-electron chi connectivity index (χ1n) is 24.4. The lowest BCUT2D eigenvalue weighted by Crippen LogP contribution is -2.62. The summed E-state index contributed by atoms with van der Waals surface area (Å²) in [5.41, 5.74) is 22.1. The molecule has 0 aliphatic rings. The zero-order chi connectivity index (χ0) is 57.4. The van der Waals surface area contributed by atoms with Crippen molar-refractivity contribution in [1.29, 1.82) is 5.41 Å². The van der Waals surface area contributed by atoms with Crippen LogP contribution in [-0.4, -0.2) is 153 Å². The van der Waals surface area contributed by atoms with Crippen LogP contribution in [0.5, 0.6) is 5.75 Å². The number of carbonyl (C=O) groups is 11. The van der Waals surface area contributed by atoms with E-state index < -0.39 is 144 Å². The number of hydrogen-bond acceptors (Lipinski definition) is 15. The average molecular weight is 1060 g/mol. The predicted octanol–water partition coefficient (Wildman–Crippen LogP) is -4.61. The number of carboxylic acid groups (broad SMARTS) is 1. The van der Waals surface area contributed by atoms with Crippen molar-refractivity contribution in [2.75, 3.05) is 6.54 Å². The van der Waals surface area contributed by atoms with Gasteiger partial charge in [-0.2, -0.15) is 0 Å². The van der Waals surface area contributed by atoms with Gasteiger partial charge in [0.25, 0.3) is 0 Å². The van der Waals surface area contributed by atoms with Crippen molar-refractivity contribution in [3.05, 3.63) is 29.8 Å². The molecule has 0 saturated carbocycles. The van der Waals surface area contributed by atoms with E-state index in [4.69, 9.17) is 28.3 Å². The number of aliphatic hydroxyl groups is 1. The minimum Gasteiger partial charge on any atom is -0.508 e. The molecule has 75 heavy (non-hydrogen) atoms. The van der Waals surface area contributed by atoms with Gasteiger partial charge in [-0.05, 0) is 68.6 Å². The standard InChI is InChI=1S/C47H78N14O14/c1-9-23(6)36(38(50)67)60-39(68)24(7)54-45(74)35(22(4)5)59-43(72)30(17-21(2)3)56-42(71)32(20-34(65)66)58-46(75)37(25(8)62)61-44(73)31(18-26-12-14-27(63)15-13-26)57-41(70)29(11-10-16-53-47(51)52)55-40(69)28(48)19-33(49)64/h12-15,21-25,28-32,35-37,62-63H,9-11,16-20,48H2,1-8H3,(H2,49,64)(H2,50,67)(H,54,74)(H,55,69)(H,56,71)(H,57,70)(H,58,75)(H,59,72)(H,60,68)(H,61,73)(H,65,66)(H4,51,52,53)/t23-,24-,25+,28-,29-,30-,31-,32-,35-,36-,37-/m0/s1. The Morgan fingerprint density at radius 3 is 1.60 bits per heavy atom. The smallest absolute Gasteiger partial charge is 0.305 e. The molecule has 1 aromatic carbocycles. The third kappa shape index (κ3) is 23.9. The molecule has 0 radical (unpaired) electrons. The number of guanidine groups is 1. The van der Waals surface area contributed by atoms with Gasteiger partial charge in [0, 0.05) is 13.0 Å². The van der Waals surface area contributed by atoms with E-state index in [-0.39, 0.29) is 55.8 Å². The number of carboxylic acids is 1. The Morgan fingerprint density at radius 1 is 0.600 bits per heavy atom. The van der Waals surface area contributed by atoms with Gasteiger partial charge in [0.1, 0.15) is 54.1 Å². The minimum atomic E-state index is -1.95. The van der Waals surface area contributed by atoms with Crippen molar-refractivity contribution >= 4 is 71.0 Å². The maximum absolute atomic E-state index is 14.1. The SMILES string of the molecule is CC[C@H](C)[C@H](NC(=O)[C@H](C)NC(=O)[C@@H](NC(=O)[C@H](CC(C)C)NC(=O)[C@H](CC(=O)O)NC(=O)[C@@H](NC(=O)[C@H](Cc1ccc(O)cc1)NC(=O)[C@H](CCCNC(=N)N)NC(=O)[C@@H](N)CC(N)=O)[C@@H](C)O)C(C)C)C(N)=O. The van der Waals surface area contributed by atoms with E-state index in [1.165, 1.54) is 31.2 Å². The highest BCUT2D eigenvalue weighted by atomic mass is 16.4. The van der Waals surface area contributed by atoms with Gasteiger partial charge in [0.15, 0.2) is 5.96 Å². The topological polar surface area (TPSA) is 485 Å². The Bertz CT molecular complexity index is 2180. The summed E-state index contributed by atoms with van der Waals surface area (Å²) in [7, 11) is 0. The van der Waals surface area contributed by atoms with E-state index in [0.717, 1.165) is 6.92 Å². The molecule has 420 valence electrons. The summed E-state index contributed by atoms with van der Waals surface area (Å²) in [6, 6.07) is -7.95. The molecule has 28 heteroatoms. The van der Waals surface area contributed by atoms with Crippen LogP contribution in [0.25, 0.3) is 0 Å². The normalized spacial score (nSPS) is 15.5. The fourth-order valence-electron chi connectivity index (χ4n) is 7.18. The van der Waals surface area contributed by atoms with Crippen LogP contribution in [0.4, 0.5) is 0 Å². The summed E-state index contributed by atoms with van der Waals surface area (Å²) < 4.78 is 0. The van der Waals surface area contributed by atoms with E-state index in [0.29, 0.717) is 12.0 Å². The summed E-state index contributed by atoms with van der Waals surface area (Å²) in [5, 5.41) is 59.9. The van der Waals surface area contributed by atoms with Gasteiger partial charge in [0.05, 0.1) is 25.0 Å². The van der Waals surface area contributed by atoms with E-state index in [2.05, 4.69) is 47.9 Å². The Labute approximate surface area is 435 Å². The maximum atomic E-state index is 14.1. The second-order valence-electron chi connectivity index (χ2n) is 19.1. The maximum Gasteiger partial charge on any atom is 0.305 e. The molecule has 0 fully saturated rings. The van der Waals surface area contributed by atoms with Gasteiger partial charge >= 0.3 is 5.97 Å². The van der Waals surface area contributed by atoms with Crippen molar-refractivity contribution in [2.45, 2.75) is 161 Å². The predicted molar refractivity (Wildman–Crippen MR) is 271 cm³/mol. The number of rotatable bonds is 33. The first kappa shape index (κ1) is 65.4. The van der Waals surface area contributed by atoms with Crippen LogP contribution in [0, 0.1) is 23.2 Å². The zero-order valence-electron chi connectivity index (χ0n) is 43.6. The zero-order valence-corrected chi connectivity index (χ0v) is 43.6. The number of hydrogen-bond donors (Lipinski definition) is 17. The quantitative estimate of drug-likeness (QED) is 0.0179. The Kier molecular flexibility index (Phi) is 27.8. The number of primary amides is 2. The largest absolute Gasteiger partial charge is 0.508 e. The molecule has 21 N–H and O–H groups in total. The molecule has 0 aromatic heterocycles. The van der Waals surface area contributed by atoms with Crippen LogP contribution in [0.2, 0.25) is 0 Å². The summed E-state index contributed by atoms with van der Waals surface area (Å²) in [6.45, 7) is 12.6. The van der Waals surface area contributed by atoms with Crippen LogP contribution in [0.1, 0.15) is 99.5 Å². The first-order valence-corrected chi connectivity index (χ1v) is 24.4. The molecule has 0 aliphatic heterocycles. The lowest BCUT2D eigenvalue weighted by Gasteiger charge is -2.29. The molecule has 0 spiro atoms. The first-order chi connectivity index (χ1) is 34.9. The van der Waals surface area contributed by atoms with Crippen LogP contribution in [0.15, 0.2) is 24.3 Å². The molecule has 1 aromatic rings. The van der Waals surface area contributed by atoms with Crippen molar-refractivity contribution in [3.8, 4) is 5.75 Å². The van der Waals surface area contributed by atoms with Crippen LogP contribution >= 0.6 is 0 Å². The van der Waals surface area contributed by atoms with E-state index in [1.54, 1.807) is 41.5 Å². The number of aliphatic hydroxyl groups excluding tert-OH is 1. The number of aromatic hydroxyl groups is 1. The number of aliphatic carboxylic acids is 1. The van der Waals surface area contributed by atoms with E-state index in [9.17, 15) is 68.1 Å². The van der Waals surface area contributed by atoms with Gasteiger partial charge in [-0.15, -0.1) is 0 Å². The van der Waals surface area contributed by atoms with Crippen molar-refractivity contribution in [3.63, 3.8) is 0 Å². The lowest BCUT2D eigenvalue weighted by atomic mass is 9.98. The summed E-state index contributed by atoms with van der Waals surface area (Å²) >= 11 is 0. The molecule has 0 saturated heterocycles. The second-order valence-corrected chi connectivity index (χ2v) is 19.1. The minimum absolute atomic E-state index is 0.0678. The molecule has 0 bridgehead atoms. The number of nitrogens with two attached hydrogens (primary N) is 4. The molecular formula is C47H78N14O14. The number of phenolic OH excluding ortho intramolecular Hbond substituents is 1. The number of carbonyl (C=O) groups excluding carboxylic acids is 10. The summed E-state index contributed by atoms with van der Waals surface area (Å²) in [6.07, 6.45) is -3.30. The highest BCUT2D eigenvalue weighted by Crippen LogP contribution is 2.14. The number of phenols is 1. The average Bonchev–Trinajstić information content (AvgIpc) is 3.30. The van der Waals surface area contributed by atoms with E-state index >= 15 is 0 Å². The van der Waals surface area contributed by atoms with Gasteiger partial charge in [-0.1, -0.05) is 60.1 Å². The molecule has 1 rings (SSSR count). The molecule has 0 unspecified atom stereocenters. The van der Waals surface area contributed by atoms with Gasteiger partial charge in [-0.25, -0.2) is 0 Å². The van der Waals surface area contributed by atoms with Crippen LogP contribution in [0.3, 0.4) is 0 Å². The summed E-state index contributed by atoms with van der Waals surface area (Å²) in [4.78, 5) is 145. The van der Waals surface area contributed by atoms with Crippen molar-refractivity contribution < 1.29 is 68.1 Å². The number of benzene rings is 1. The molecule has 0 heterocycles. The Hall–Kier alpha value is -7.62. The highest BCUT2D eigenvalue weighted by molar-refractivity contribution is 5.99. The van der Waals surface area contributed by atoms with Gasteiger partial charge in [0.2, 0.25) is 59.1 Å². The third-order valence-electron chi connectivity index (χ3n) is 11.6. The van der Waals surface area contributed by atoms with Crippen molar-refractivity contribution in [2.24, 2.45) is 40.7 Å². The van der Waals surface area contributed by atoms with Gasteiger partial charge in [-0.3, -0.25) is 58.1 Å². The van der Waals surface area contributed by atoms with Crippen LogP contribution < -0.4 is 70.8 Å². The van der Waals surface area contributed by atoms with Crippen LogP contribution in [-0.2, 0) is 59.2 Å². The van der Waals surface area contributed by atoms with Gasteiger partial charge < -0.3 is 86.1 Å². The van der Waals surface area contributed by atoms with E-state index in [1.807, 2.05) is 0 Å². The molecular weight excluding hydrogens is 985 g/mol. The highest BCUT2D eigenvalue weighted by Gasteiger charge is 2.37. The molecule has 11 atom stereocenters. The molecule has 28 nitrogen and oxygen atoms in total.